The number of carbonyl (C=O) groups excluding carboxylic acids is 2. The van der Waals surface area contributed by atoms with Gasteiger partial charge in [-0.1, -0.05) is 60.2 Å². The van der Waals surface area contributed by atoms with Crippen molar-refractivity contribution < 1.29 is 14.3 Å². The molecular weight excluding hydrogens is 388 g/mol. The minimum absolute atomic E-state index is 0.000903. The van der Waals surface area contributed by atoms with E-state index in [0.29, 0.717) is 23.8 Å². The molecule has 3 aliphatic rings. The van der Waals surface area contributed by atoms with Crippen LogP contribution in [0, 0.1) is 11.8 Å². The fourth-order valence-electron chi connectivity index (χ4n) is 4.77. The second kappa shape index (κ2) is 7.01. The van der Waals surface area contributed by atoms with Gasteiger partial charge in [0, 0.05) is 17.3 Å². The summed E-state index contributed by atoms with van der Waals surface area (Å²) in [4.78, 5) is 28.1. The van der Waals surface area contributed by atoms with E-state index in [9.17, 15) is 9.59 Å². The van der Waals surface area contributed by atoms with Crippen LogP contribution >= 0.6 is 11.6 Å². The number of hydrogen-bond acceptors (Lipinski definition) is 3. The summed E-state index contributed by atoms with van der Waals surface area (Å²) in [5, 5.41) is 3.45. The molecule has 29 heavy (non-hydrogen) atoms. The predicted molar refractivity (Wildman–Crippen MR) is 111 cm³/mol. The van der Waals surface area contributed by atoms with Crippen LogP contribution in [0.5, 0.6) is 0 Å². The smallest absolute Gasteiger partial charge is 0.231 e. The third kappa shape index (κ3) is 3.15. The lowest BCUT2D eigenvalue weighted by atomic mass is 9.77. The number of fused-ring (bicyclic) bond motifs is 1. The third-order valence-electron chi connectivity index (χ3n) is 6.09. The van der Waals surface area contributed by atoms with Crippen molar-refractivity contribution in [3.05, 3.63) is 77.3 Å². The second-order valence-electron chi connectivity index (χ2n) is 7.89. The summed E-state index contributed by atoms with van der Waals surface area (Å²) in [5.74, 6) is -1.22. The highest BCUT2D eigenvalue weighted by Gasteiger charge is 2.66. The Morgan fingerprint density at radius 1 is 1.21 bits per heavy atom. The first-order valence-corrected chi connectivity index (χ1v) is 10.2. The minimum atomic E-state index is -0.686. The van der Waals surface area contributed by atoms with Crippen molar-refractivity contribution in [3.63, 3.8) is 0 Å². The Bertz CT molecular complexity index is 993. The fourth-order valence-corrected chi connectivity index (χ4v) is 4.96. The summed E-state index contributed by atoms with van der Waals surface area (Å²) < 4.78 is 6.17. The first kappa shape index (κ1) is 18.4. The van der Waals surface area contributed by atoms with Crippen molar-refractivity contribution in [3.8, 4) is 0 Å². The summed E-state index contributed by atoms with van der Waals surface area (Å²) >= 11 is 6.02. The first-order valence-electron chi connectivity index (χ1n) is 9.82. The van der Waals surface area contributed by atoms with Gasteiger partial charge >= 0.3 is 0 Å². The number of anilines is 1. The van der Waals surface area contributed by atoms with Gasteiger partial charge in [0.1, 0.15) is 5.60 Å². The molecule has 2 aromatic carbocycles. The van der Waals surface area contributed by atoms with E-state index in [1.165, 1.54) is 5.56 Å². The first-order chi connectivity index (χ1) is 14.1. The Labute approximate surface area is 174 Å². The van der Waals surface area contributed by atoms with Crippen LogP contribution in [0.25, 0.3) is 0 Å². The van der Waals surface area contributed by atoms with E-state index in [0.717, 1.165) is 6.42 Å². The van der Waals surface area contributed by atoms with Crippen LogP contribution in [0.3, 0.4) is 0 Å². The van der Waals surface area contributed by atoms with Crippen molar-refractivity contribution in [1.82, 2.24) is 4.90 Å². The average molecular weight is 409 g/mol. The van der Waals surface area contributed by atoms with Crippen LogP contribution in [0.15, 0.2) is 66.7 Å². The molecule has 0 unspecified atom stereocenters. The Balaban J connectivity index is 1.33. The predicted octanol–water partition coefficient (Wildman–Crippen LogP) is 3.30. The van der Waals surface area contributed by atoms with E-state index in [2.05, 4.69) is 17.4 Å². The van der Waals surface area contributed by atoms with Crippen molar-refractivity contribution >= 4 is 29.1 Å². The number of rotatable bonds is 5. The van der Waals surface area contributed by atoms with E-state index >= 15 is 0 Å². The summed E-state index contributed by atoms with van der Waals surface area (Å²) in [6.07, 6.45) is 4.32. The molecule has 0 radical (unpaired) electrons. The van der Waals surface area contributed by atoms with Crippen LogP contribution < -0.4 is 5.32 Å². The standard InChI is InChI=1S/C23H21ClN2O3/c24-16-7-4-8-17(13-16)25-21(27)19-18-9-11-23(29-18)14-26(22(28)20(19)23)12-10-15-5-2-1-3-6-15/h1-9,11,13,18-20H,10,12,14H2,(H,25,27)/t18-,19+,20-,23-/m1/s1. The zero-order chi connectivity index (χ0) is 20.0. The molecule has 4 atom stereocenters. The average Bonchev–Trinajstić information content (AvgIpc) is 3.35. The van der Waals surface area contributed by atoms with E-state index in [1.807, 2.05) is 35.3 Å². The number of carbonyl (C=O) groups is 2. The van der Waals surface area contributed by atoms with Gasteiger partial charge in [0.05, 0.1) is 24.5 Å². The number of nitrogens with one attached hydrogen (secondary N) is 1. The fraction of sp³-hybridized carbons (Fsp3) is 0.304. The van der Waals surface area contributed by atoms with Crippen LogP contribution in [0.2, 0.25) is 5.02 Å². The molecule has 2 amide bonds. The molecule has 0 saturated carbocycles. The highest BCUT2D eigenvalue weighted by atomic mass is 35.5. The highest BCUT2D eigenvalue weighted by Crippen LogP contribution is 2.52. The second-order valence-corrected chi connectivity index (χ2v) is 8.33. The molecule has 2 saturated heterocycles. The van der Waals surface area contributed by atoms with E-state index in [1.54, 1.807) is 24.3 Å². The van der Waals surface area contributed by atoms with Crippen molar-refractivity contribution in [1.29, 1.82) is 0 Å². The lowest BCUT2D eigenvalue weighted by Crippen LogP contribution is -2.41. The zero-order valence-electron chi connectivity index (χ0n) is 15.8. The molecule has 2 fully saturated rings. The topological polar surface area (TPSA) is 58.6 Å². The molecule has 3 aliphatic heterocycles. The van der Waals surface area contributed by atoms with Gasteiger partial charge in [-0.15, -0.1) is 0 Å². The van der Waals surface area contributed by atoms with Crippen LogP contribution in [-0.2, 0) is 20.7 Å². The zero-order valence-corrected chi connectivity index (χ0v) is 16.5. The molecule has 0 aromatic heterocycles. The minimum Gasteiger partial charge on any atom is -0.360 e. The molecule has 5 rings (SSSR count). The van der Waals surface area contributed by atoms with Gasteiger partial charge in [0.25, 0.3) is 0 Å². The summed E-state index contributed by atoms with van der Waals surface area (Å²) in [6.45, 7) is 1.11. The van der Waals surface area contributed by atoms with Gasteiger partial charge in [0.15, 0.2) is 0 Å². The summed E-state index contributed by atoms with van der Waals surface area (Å²) in [5.41, 5.74) is 1.12. The molecule has 2 bridgehead atoms. The molecule has 0 aliphatic carbocycles. The molecule has 2 aromatic rings. The van der Waals surface area contributed by atoms with Crippen molar-refractivity contribution in [2.24, 2.45) is 11.8 Å². The number of benzene rings is 2. The Kier molecular flexibility index (Phi) is 4.45. The molecule has 148 valence electrons. The van der Waals surface area contributed by atoms with E-state index in [4.69, 9.17) is 16.3 Å². The number of likely N-dealkylation sites (tertiary alicyclic amines) is 1. The normalized spacial score (nSPS) is 29.3. The molecule has 1 spiro atoms. The maximum absolute atomic E-state index is 13.2. The number of amides is 2. The van der Waals surface area contributed by atoms with Gasteiger partial charge in [0.2, 0.25) is 11.8 Å². The quantitative estimate of drug-likeness (QED) is 0.772. The van der Waals surface area contributed by atoms with Gasteiger partial charge in [-0.25, -0.2) is 0 Å². The molecule has 5 nitrogen and oxygen atoms in total. The van der Waals surface area contributed by atoms with Crippen molar-refractivity contribution in [2.75, 3.05) is 18.4 Å². The number of nitrogens with zero attached hydrogens (tertiary/aromatic N) is 1. The molecular formula is C23H21ClN2O3. The number of ether oxygens (including phenoxy) is 1. The lowest BCUT2D eigenvalue weighted by molar-refractivity contribution is -0.135. The van der Waals surface area contributed by atoms with Crippen LogP contribution in [0.4, 0.5) is 5.69 Å². The number of hydrogen-bond donors (Lipinski definition) is 1. The largest absolute Gasteiger partial charge is 0.360 e. The van der Waals surface area contributed by atoms with Crippen molar-refractivity contribution in [2.45, 2.75) is 18.1 Å². The molecule has 6 heteroatoms. The number of halogens is 1. The molecule has 1 N–H and O–H groups in total. The maximum atomic E-state index is 13.2. The molecule has 3 heterocycles. The van der Waals surface area contributed by atoms with Crippen LogP contribution in [-0.4, -0.2) is 41.5 Å². The van der Waals surface area contributed by atoms with Gasteiger partial charge in [-0.2, -0.15) is 0 Å². The Morgan fingerprint density at radius 2 is 2.03 bits per heavy atom. The van der Waals surface area contributed by atoms with Crippen LogP contribution in [0.1, 0.15) is 5.56 Å². The highest BCUT2D eigenvalue weighted by molar-refractivity contribution is 6.30. The Morgan fingerprint density at radius 3 is 2.83 bits per heavy atom. The third-order valence-corrected chi connectivity index (χ3v) is 6.32. The maximum Gasteiger partial charge on any atom is 0.231 e. The lowest BCUT2D eigenvalue weighted by Gasteiger charge is -2.23. The van der Waals surface area contributed by atoms with Gasteiger partial charge < -0.3 is 15.0 Å². The van der Waals surface area contributed by atoms with E-state index < -0.39 is 17.4 Å². The summed E-state index contributed by atoms with van der Waals surface area (Å²) in [7, 11) is 0. The van der Waals surface area contributed by atoms with E-state index in [-0.39, 0.29) is 17.9 Å². The monoisotopic (exact) mass is 408 g/mol. The Hall–Kier alpha value is -2.63. The van der Waals surface area contributed by atoms with Gasteiger partial charge in [-0.3, -0.25) is 9.59 Å². The van der Waals surface area contributed by atoms with Gasteiger partial charge in [-0.05, 0) is 30.2 Å². The SMILES string of the molecule is O=C(Nc1cccc(Cl)c1)[C@H]1[C@H]2C=C[C@]3(CN(CCc4ccccc4)C(=O)[C@@H]13)O2. The summed E-state index contributed by atoms with van der Waals surface area (Å²) in [6, 6.07) is 17.1.